The van der Waals surface area contributed by atoms with Gasteiger partial charge in [0.15, 0.2) is 12.6 Å². The number of aliphatic hydroxyl groups is 7. The maximum atomic E-state index is 11.2. The summed E-state index contributed by atoms with van der Waals surface area (Å²) >= 11 is 0. The molecule has 11 nitrogen and oxygen atoms in total. The molecule has 16 unspecified atom stereocenters. The molecule has 2 aliphatic heterocycles. The van der Waals surface area contributed by atoms with Gasteiger partial charge in [-0.3, -0.25) is 0 Å². The molecule has 0 spiro atoms. The van der Waals surface area contributed by atoms with Crippen LogP contribution in [0.3, 0.4) is 0 Å². The van der Waals surface area contributed by atoms with Crippen molar-refractivity contribution in [1.82, 2.24) is 0 Å². The van der Waals surface area contributed by atoms with Gasteiger partial charge in [-0.15, -0.1) is 6.58 Å². The highest BCUT2D eigenvalue weighted by atomic mass is 16.8. The quantitative estimate of drug-likeness (QED) is 0.185. The smallest absolute Gasteiger partial charge is 0.187 e. The molecule has 0 aromatic heterocycles. The lowest BCUT2D eigenvalue weighted by Crippen LogP contribution is -2.65. The molecular formula is C32H54O11. The molecule has 2 heterocycles. The van der Waals surface area contributed by atoms with Crippen LogP contribution in [0.1, 0.15) is 73.6 Å². The van der Waals surface area contributed by atoms with Gasteiger partial charge in [-0.25, -0.2) is 0 Å². The summed E-state index contributed by atoms with van der Waals surface area (Å²) < 4.78 is 24.4. The minimum atomic E-state index is -1.64. The van der Waals surface area contributed by atoms with Gasteiger partial charge >= 0.3 is 0 Å². The Morgan fingerprint density at radius 2 is 1.67 bits per heavy atom. The fourth-order valence-electron chi connectivity index (χ4n) is 7.93. The fraction of sp³-hybridized carbons (Fsp3) is 0.875. The zero-order valence-electron chi connectivity index (χ0n) is 26.4. The number of hydrogen-bond donors (Lipinski definition) is 7. The van der Waals surface area contributed by atoms with E-state index < -0.39 is 85.1 Å². The standard InChI is InChI=1S/C32H54O11/c1-8-30(5,39)12-13-31(6)17(3)14-21(32(7)16(2)10-9-11-20(31)32)42-29-27(25(37)23(35)19(15-33)41-29)43-28-26(38)24(36)22(34)18(4)40-28/h8,10,17-29,33-39H,1,9,11-15H2,2-7H3. The van der Waals surface area contributed by atoms with Crippen LogP contribution in [0.2, 0.25) is 0 Å². The van der Waals surface area contributed by atoms with Crippen molar-refractivity contribution in [2.45, 2.75) is 147 Å². The van der Waals surface area contributed by atoms with Crippen molar-refractivity contribution in [3.63, 3.8) is 0 Å². The van der Waals surface area contributed by atoms with E-state index in [-0.39, 0.29) is 17.3 Å². The predicted octanol–water partition coefficient (Wildman–Crippen LogP) is 1.15. The largest absolute Gasteiger partial charge is 0.394 e. The molecule has 43 heavy (non-hydrogen) atoms. The fourth-order valence-corrected chi connectivity index (χ4v) is 7.93. The number of aliphatic hydroxyl groups excluding tert-OH is 6. The summed E-state index contributed by atoms with van der Waals surface area (Å²) in [5.41, 5.74) is -0.377. The van der Waals surface area contributed by atoms with Gasteiger partial charge in [0.05, 0.1) is 24.4 Å². The summed E-state index contributed by atoms with van der Waals surface area (Å²) in [6.07, 6.45) is -6.48. The SMILES string of the molecule is C=CC(C)(O)CCC1(C)C(C)CC(OC2OC(CO)C(O)C(O)C2OC2OC(C)C(O)C(O)C2O)C2(C)C(C)=CCCC12. The molecule has 0 aromatic carbocycles. The van der Waals surface area contributed by atoms with E-state index in [1.54, 1.807) is 13.0 Å². The number of fused-ring (bicyclic) bond motifs is 1. The lowest BCUT2D eigenvalue weighted by molar-refractivity contribution is -0.375. The molecule has 3 fully saturated rings. The Labute approximate surface area is 255 Å². The van der Waals surface area contributed by atoms with E-state index in [4.69, 9.17) is 18.9 Å². The first-order chi connectivity index (χ1) is 20.0. The second-order valence-electron chi connectivity index (χ2n) is 14.1. The Kier molecular flexibility index (Phi) is 10.6. The van der Waals surface area contributed by atoms with E-state index in [9.17, 15) is 35.7 Å². The van der Waals surface area contributed by atoms with Gasteiger partial charge in [0.25, 0.3) is 0 Å². The molecule has 0 bridgehead atoms. The molecule has 16 atom stereocenters. The van der Waals surface area contributed by atoms with E-state index in [2.05, 4.69) is 40.3 Å². The van der Waals surface area contributed by atoms with Crippen LogP contribution in [0.5, 0.6) is 0 Å². The van der Waals surface area contributed by atoms with Crippen molar-refractivity contribution < 1.29 is 54.7 Å². The summed E-state index contributed by atoms with van der Waals surface area (Å²) in [4.78, 5) is 0. The van der Waals surface area contributed by atoms with Crippen molar-refractivity contribution in [2.24, 2.45) is 22.7 Å². The summed E-state index contributed by atoms with van der Waals surface area (Å²) in [5.74, 6) is 0.364. The van der Waals surface area contributed by atoms with Crippen LogP contribution in [0.15, 0.2) is 24.3 Å². The Hall–Kier alpha value is -0.960. The van der Waals surface area contributed by atoms with Crippen LogP contribution in [0, 0.1) is 22.7 Å². The third-order valence-corrected chi connectivity index (χ3v) is 11.5. The van der Waals surface area contributed by atoms with Gasteiger partial charge in [-0.2, -0.15) is 0 Å². The maximum Gasteiger partial charge on any atom is 0.187 e. The first-order valence-corrected chi connectivity index (χ1v) is 15.7. The highest BCUT2D eigenvalue weighted by Crippen LogP contribution is 2.63. The zero-order valence-corrected chi connectivity index (χ0v) is 26.4. The Balaban J connectivity index is 1.64. The lowest BCUT2D eigenvalue weighted by Gasteiger charge is -2.61. The van der Waals surface area contributed by atoms with Crippen LogP contribution in [0.25, 0.3) is 0 Å². The summed E-state index contributed by atoms with van der Waals surface area (Å²) in [7, 11) is 0. The van der Waals surface area contributed by atoms with E-state index in [1.165, 1.54) is 12.5 Å². The summed E-state index contributed by atoms with van der Waals surface area (Å²) in [6.45, 7) is 15.3. The van der Waals surface area contributed by atoms with Crippen molar-refractivity contribution in [2.75, 3.05) is 6.61 Å². The average molecular weight is 615 g/mol. The van der Waals surface area contributed by atoms with Crippen LogP contribution in [0.4, 0.5) is 0 Å². The third-order valence-electron chi connectivity index (χ3n) is 11.5. The van der Waals surface area contributed by atoms with Gasteiger partial charge in [-0.1, -0.05) is 38.5 Å². The number of hydrogen-bond acceptors (Lipinski definition) is 11. The molecule has 2 saturated heterocycles. The minimum Gasteiger partial charge on any atom is -0.394 e. The van der Waals surface area contributed by atoms with Crippen LogP contribution in [-0.2, 0) is 18.9 Å². The minimum absolute atomic E-state index is 0.128. The van der Waals surface area contributed by atoms with Crippen molar-refractivity contribution in [3.8, 4) is 0 Å². The molecule has 4 rings (SSSR count). The molecule has 11 heteroatoms. The second-order valence-corrected chi connectivity index (χ2v) is 14.1. The molecule has 7 N–H and O–H groups in total. The molecule has 2 aliphatic carbocycles. The number of ether oxygens (including phenoxy) is 4. The molecule has 0 radical (unpaired) electrons. The van der Waals surface area contributed by atoms with Crippen LogP contribution >= 0.6 is 0 Å². The topological polar surface area (TPSA) is 179 Å². The molecule has 4 aliphatic rings. The third kappa shape index (κ3) is 6.38. The number of rotatable bonds is 9. The molecule has 0 aromatic rings. The maximum absolute atomic E-state index is 11.2. The first-order valence-electron chi connectivity index (χ1n) is 15.7. The van der Waals surface area contributed by atoms with Crippen molar-refractivity contribution in [3.05, 3.63) is 24.3 Å². The van der Waals surface area contributed by atoms with Gasteiger partial charge in [0.1, 0.15) is 42.7 Å². The van der Waals surface area contributed by atoms with Crippen molar-refractivity contribution >= 4 is 0 Å². The molecule has 248 valence electrons. The zero-order chi connectivity index (χ0) is 32.1. The highest BCUT2D eigenvalue weighted by Gasteiger charge is 2.60. The Morgan fingerprint density at radius 1 is 1.00 bits per heavy atom. The van der Waals surface area contributed by atoms with E-state index in [0.717, 1.165) is 19.3 Å². The molecule has 0 amide bonds. The summed E-state index contributed by atoms with van der Waals surface area (Å²) in [5, 5.41) is 73.6. The van der Waals surface area contributed by atoms with Gasteiger partial charge in [-0.05, 0) is 70.1 Å². The second kappa shape index (κ2) is 13.0. The Bertz CT molecular complexity index is 1000. The number of allylic oxidation sites excluding steroid dienone is 1. The van der Waals surface area contributed by atoms with Crippen LogP contribution in [-0.4, -0.2) is 115 Å². The van der Waals surface area contributed by atoms with Gasteiger partial charge < -0.3 is 54.7 Å². The molecular weight excluding hydrogens is 560 g/mol. The van der Waals surface area contributed by atoms with Gasteiger partial charge in [0.2, 0.25) is 0 Å². The average Bonchev–Trinajstić information content (AvgIpc) is 2.97. The normalized spacial score (nSPS) is 50.3. The van der Waals surface area contributed by atoms with Crippen molar-refractivity contribution in [1.29, 1.82) is 0 Å². The van der Waals surface area contributed by atoms with Crippen LogP contribution < -0.4 is 0 Å². The molecule has 1 saturated carbocycles. The monoisotopic (exact) mass is 614 g/mol. The first kappa shape index (κ1) is 34.9. The van der Waals surface area contributed by atoms with E-state index >= 15 is 0 Å². The Morgan fingerprint density at radius 3 is 2.30 bits per heavy atom. The lowest BCUT2D eigenvalue weighted by atomic mass is 9.45. The van der Waals surface area contributed by atoms with E-state index in [0.29, 0.717) is 12.8 Å². The summed E-state index contributed by atoms with van der Waals surface area (Å²) in [6, 6.07) is 0. The van der Waals surface area contributed by atoms with Gasteiger partial charge in [0, 0.05) is 5.41 Å². The highest BCUT2D eigenvalue weighted by molar-refractivity contribution is 5.24. The predicted molar refractivity (Wildman–Crippen MR) is 156 cm³/mol. The van der Waals surface area contributed by atoms with E-state index in [1.807, 2.05) is 0 Å².